The van der Waals surface area contributed by atoms with Crippen molar-refractivity contribution in [3.05, 3.63) is 58.9 Å². The number of fused-ring (bicyclic) bond motifs is 1. The maximum Gasteiger partial charge on any atom is 0.409 e. The summed E-state index contributed by atoms with van der Waals surface area (Å²) >= 11 is 0. The zero-order chi connectivity index (χ0) is 22.1. The number of imidazole rings is 1. The van der Waals surface area contributed by atoms with Crippen molar-refractivity contribution in [3.8, 4) is 17.3 Å². The lowest BCUT2D eigenvalue weighted by Gasteiger charge is -2.32. The molecule has 1 aliphatic rings. The van der Waals surface area contributed by atoms with Crippen LogP contribution in [0.3, 0.4) is 0 Å². The van der Waals surface area contributed by atoms with Crippen LogP contribution < -0.4 is 0 Å². The monoisotopic (exact) mass is 426 g/mol. The molecule has 4 rings (SSSR count). The Kier molecular flexibility index (Phi) is 5.57. The topological polar surface area (TPSA) is 79.9 Å². The van der Waals surface area contributed by atoms with E-state index in [4.69, 9.17) is 14.7 Å². The number of ether oxygens (including phenoxy) is 2. The van der Waals surface area contributed by atoms with Gasteiger partial charge in [0.2, 0.25) is 0 Å². The number of halogens is 2. The number of nitriles is 1. The van der Waals surface area contributed by atoms with E-state index in [2.05, 4.69) is 4.98 Å². The predicted octanol–water partition coefficient (Wildman–Crippen LogP) is 3.47. The molecule has 7 nitrogen and oxygen atoms in total. The van der Waals surface area contributed by atoms with Gasteiger partial charge in [0, 0.05) is 19.2 Å². The van der Waals surface area contributed by atoms with Gasteiger partial charge in [0.05, 0.1) is 54.9 Å². The molecule has 0 spiro atoms. The van der Waals surface area contributed by atoms with Gasteiger partial charge in [0.1, 0.15) is 17.3 Å². The summed E-state index contributed by atoms with van der Waals surface area (Å²) in [4.78, 5) is 17.9. The fourth-order valence-electron chi connectivity index (χ4n) is 3.81. The van der Waals surface area contributed by atoms with Crippen molar-refractivity contribution < 1.29 is 23.0 Å². The zero-order valence-electron chi connectivity index (χ0n) is 17.1. The van der Waals surface area contributed by atoms with Crippen LogP contribution in [-0.4, -0.2) is 53.3 Å². The molecular formula is C22H20F2N4O3. The molecule has 2 aromatic heterocycles. The highest BCUT2D eigenvalue weighted by molar-refractivity contribution is 5.69. The third kappa shape index (κ3) is 3.94. The first-order valence-corrected chi connectivity index (χ1v) is 9.73. The average Bonchev–Trinajstić information content (AvgIpc) is 3.09. The number of carbonyl (C=O) groups is 1. The highest BCUT2D eigenvalue weighted by Crippen LogP contribution is 2.32. The second kappa shape index (κ2) is 8.32. The minimum absolute atomic E-state index is 0.107. The van der Waals surface area contributed by atoms with Gasteiger partial charge in [-0.1, -0.05) is 0 Å². The zero-order valence-corrected chi connectivity index (χ0v) is 17.1. The van der Waals surface area contributed by atoms with E-state index in [0.29, 0.717) is 24.5 Å². The number of aryl methyl sites for hydroxylation is 1. The predicted molar refractivity (Wildman–Crippen MR) is 107 cm³/mol. The number of rotatable bonds is 3. The van der Waals surface area contributed by atoms with E-state index < -0.39 is 23.8 Å². The Morgan fingerprint density at radius 3 is 2.77 bits per heavy atom. The van der Waals surface area contributed by atoms with E-state index in [1.54, 1.807) is 16.7 Å². The Labute approximate surface area is 177 Å². The molecule has 9 heteroatoms. The van der Waals surface area contributed by atoms with Gasteiger partial charge in [-0.15, -0.1) is 0 Å². The molecular weight excluding hydrogens is 406 g/mol. The lowest BCUT2D eigenvalue weighted by molar-refractivity contribution is -0.0241. The van der Waals surface area contributed by atoms with Gasteiger partial charge in [0.25, 0.3) is 0 Å². The molecule has 3 aromatic rings. The fourth-order valence-corrected chi connectivity index (χ4v) is 3.81. The van der Waals surface area contributed by atoms with E-state index in [0.717, 1.165) is 17.7 Å². The van der Waals surface area contributed by atoms with E-state index in [1.165, 1.54) is 12.0 Å². The number of hydrogen-bond acceptors (Lipinski definition) is 5. The highest BCUT2D eigenvalue weighted by Gasteiger charge is 2.29. The summed E-state index contributed by atoms with van der Waals surface area (Å²) in [5.74, 6) is -1.72. The van der Waals surface area contributed by atoms with Crippen molar-refractivity contribution in [2.24, 2.45) is 0 Å². The van der Waals surface area contributed by atoms with Crippen LogP contribution in [0, 0.1) is 29.9 Å². The number of methoxy groups -OCH3 is 1. The Morgan fingerprint density at radius 2 is 2.10 bits per heavy atom. The number of benzene rings is 1. The number of nitrogens with zero attached hydrogens (tertiary/aromatic N) is 4. The maximum absolute atomic E-state index is 14.8. The molecule has 1 atom stereocenters. The van der Waals surface area contributed by atoms with Gasteiger partial charge in [-0.3, -0.25) is 0 Å². The van der Waals surface area contributed by atoms with Crippen molar-refractivity contribution in [1.29, 1.82) is 5.26 Å². The minimum Gasteiger partial charge on any atom is -0.453 e. The molecule has 1 fully saturated rings. The summed E-state index contributed by atoms with van der Waals surface area (Å²) in [5.41, 5.74) is 1.77. The van der Waals surface area contributed by atoms with Crippen LogP contribution in [0.15, 0.2) is 30.5 Å². The van der Waals surface area contributed by atoms with E-state index >= 15 is 0 Å². The number of hydrogen-bond donors (Lipinski definition) is 0. The highest BCUT2D eigenvalue weighted by atomic mass is 19.1. The second-order valence-electron chi connectivity index (χ2n) is 7.38. The van der Waals surface area contributed by atoms with Crippen LogP contribution in [0.25, 0.3) is 16.9 Å². The molecule has 0 bridgehead atoms. The SMILES string of the molecule is COC(=O)N1CCO[C@@H](Cc2c(-c3c(F)cc(C#N)cc3F)nc3cc(C)ccn23)C1. The van der Waals surface area contributed by atoms with Crippen LogP contribution in [-0.2, 0) is 15.9 Å². The number of pyridine rings is 1. The summed E-state index contributed by atoms with van der Waals surface area (Å²) in [6.45, 7) is 2.91. The second-order valence-corrected chi connectivity index (χ2v) is 7.38. The lowest BCUT2D eigenvalue weighted by Crippen LogP contribution is -2.46. The van der Waals surface area contributed by atoms with Crippen molar-refractivity contribution in [3.63, 3.8) is 0 Å². The third-order valence-corrected chi connectivity index (χ3v) is 5.28. The average molecular weight is 426 g/mol. The normalized spacial score (nSPS) is 16.4. The summed E-state index contributed by atoms with van der Waals surface area (Å²) in [7, 11) is 1.31. The Morgan fingerprint density at radius 1 is 1.35 bits per heavy atom. The molecule has 3 heterocycles. The van der Waals surface area contributed by atoms with Gasteiger partial charge >= 0.3 is 6.09 Å². The molecule has 31 heavy (non-hydrogen) atoms. The molecule has 0 aliphatic carbocycles. The molecule has 1 amide bonds. The number of amides is 1. The molecule has 0 saturated carbocycles. The van der Waals surface area contributed by atoms with Crippen molar-refractivity contribution >= 4 is 11.7 Å². The molecule has 0 radical (unpaired) electrons. The van der Waals surface area contributed by atoms with Crippen LogP contribution in [0.5, 0.6) is 0 Å². The van der Waals surface area contributed by atoms with Crippen LogP contribution in [0.2, 0.25) is 0 Å². The molecule has 1 aliphatic heterocycles. The lowest BCUT2D eigenvalue weighted by atomic mass is 10.0. The first-order valence-electron chi connectivity index (χ1n) is 9.73. The quantitative estimate of drug-likeness (QED) is 0.641. The number of carbonyl (C=O) groups excluding carboxylic acids is 1. The van der Waals surface area contributed by atoms with Crippen molar-refractivity contribution in [2.45, 2.75) is 19.4 Å². The van der Waals surface area contributed by atoms with Crippen LogP contribution in [0.4, 0.5) is 13.6 Å². The summed E-state index contributed by atoms with van der Waals surface area (Å²) in [5, 5.41) is 8.99. The maximum atomic E-state index is 14.8. The van der Waals surface area contributed by atoms with E-state index in [9.17, 15) is 13.6 Å². The third-order valence-electron chi connectivity index (χ3n) is 5.28. The standard InChI is InChI=1S/C22H20F2N4O3/c1-13-3-4-28-18(10-15-12-27(5-6-31-15)22(29)30-2)21(26-19(28)7-13)20-16(23)8-14(11-25)9-17(20)24/h3-4,7-9,15H,5-6,10,12H2,1-2H3/t15-/m0/s1. The molecule has 1 aromatic carbocycles. The number of morpholine rings is 1. The summed E-state index contributed by atoms with van der Waals surface area (Å²) in [6, 6.07) is 7.42. The van der Waals surface area contributed by atoms with Gasteiger partial charge in [0.15, 0.2) is 0 Å². The van der Waals surface area contributed by atoms with E-state index in [-0.39, 0.29) is 29.8 Å². The first kappa shape index (κ1) is 20.8. The summed E-state index contributed by atoms with van der Waals surface area (Å²) in [6.07, 6.45) is 1.20. The molecule has 0 unspecified atom stereocenters. The minimum atomic E-state index is -0.862. The number of aromatic nitrogens is 2. The first-order chi connectivity index (χ1) is 14.9. The van der Waals surface area contributed by atoms with Gasteiger partial charge < -0.3 is 18.8 Å². The van der Waals surface area contributed by atoms with Gasteiger partial charge in [-0.25, -0.2) is 18.6 Å². The molecule has 1 saturated heterocycles. The van der Waals surface area contributed by atoms with Crippen molar-refractivity contribution in [1.82, 2.24) is 14.3 Å². The van der Waals surface area contributed by atoms with Gasteiger partial charge in [-0.2, -0.15) is 5.26 Å². The van der Waals surface area contributed by atoms with Crippen LogP contribution in [0.1, 0.15) is 16.8 Å². The smallest absolute Gasteiger partial charge is 0.409 e. The fraction of sp³-hybridized carbons (Fsp3) is 0.318. The largest absolute Gasteiger partial charge is 0.453 e. The van der Waals surface area contributed by atoms with Crippen LogP contribution >= 0.6 is 0 Å². The molecule has 160 valence electrons. The summed E-state index contributed by atoms with van der Waals surface area (Å²) < 4.78 is 42.0. The van der Waals surface area contributed by atoms with Crippen molar-refractivity contribution in [2.75, 3.05) is 26.8 Å². The Hall–Kier alpha value is -3.51. The Bertz CT molecular complexity index is 1180. The Balaban J connectivity index is 1.80. The molecule has 0 N–H and O–H groups in total. The van der Waals surface area contributed by atoms with Gasteiger partial charge in [-0.05, 0) is 36.8 Å². The van der Waals surface area contributed by atoms with E-state index in [1.807, 2.05) is 19.1 Å².